The van der Waals surface area contributed by atoms with Gasteiger partial charge in [0.05, 0.1) is 17.9 Å². The third-order valence-electron chi connectivity index (χ3n) is 5.85. The van der Waals surface area contributed by atoms with E-state index in [1.54, 1.807) is 6.20 Å². The molecule has 3 aromatic rings. The average Bonchev–Trinajstić information content (AvgIpc) is 3.13. The van der Waals surface area contributed by atoms with Crippen LogP contribution in [0.15, 0.2) is 48.8 Å². The fourth-order valence-electron chi connectivity index (χ4n) is 4.10. The monoisotopic (exact) mass is 401 g/mol. The van der Waals surface area contributed by atoms with Gasteiger partial charge in [0.1, 0.15) is 0 Å². The Morgan fingerprint density at radius 3 is 2.80 bits per heavy atom. The van der Waals surface area contributed by atoms with Crippen LogP contribution < -0.4 is 10.6 Å². The molecule has 0 spiro atoms. The molecular formula is C25H31N5. The van der Waals surface area contributed by atoms with Crippen LogP contribution in [0.3, 0.4) is 0 Å². The molecule has 0 aliphatic carbocycles. The summed E-state index contributed by atoms with van der Waals surface area (Å²) >= 11 is 0. The number of nitrogens with one attached hydrogen (secondary N) is 2. The number of anilines is 1. The molecule has 0 atom stereocenters. The first-order valence-corrected chi connectivity index (χ1v) is 10.9. The quantitative estimate of drug-likeness (QED) is 0.618. The molecule has 0 amide bonds. The van der Waals surface area contributed by atoms with E-state index in [2.05, 4.69) is 75.2 Å². The molecule has 1 fully saturated rings. The number of rotatable bonds is 6. The molecule has 30 heavy (non-hydrogen) atoms. The Bertz CT molecular complexity index is 1020. The first-order chi connectivity index (χ1) is 14.7. The van der Waals surface area contributed by atoms with Gasteiger partial charge < -0.3 is 20.1 Å². The molecule has 2 aromatic heterocycles. The minimum absolute atomic E-state index is 0.600. The van der Waals surface area contributed by atoms with Crippen molar-refractivity contribution in [1.29, 1.82) is 0 Å². The Hall–Kier alpha value is -2.81. The molecule has 5 nitrogen and oxygen atoms in total. The zero-order chi connectivity index (χ0) is 20.8. The summed E-state index contributed by atoms with van der Waals surface area (Å²) in [5.41, 5.74) is 4.66. The summed E-state index contributed by atoms with van der Waals surface area (Å²) in [5, 5.41) is 8.30. The van der Waals surface area contributed by atoms with Gasteiger partial charge in [-0.2, -0.15) is 0 Å². The van der Waals surface area contributed by atoms with Crippen LogP contribution in [0.4, 0.5) is 5.69 Å². The lowest BCUT2D eigenvalue weighted by Crippen LogP contribution is -2.40. The van der Waals surface area contributed by atoms with E-state index >= 15 is 0 Å². The van der Waals surface area contributed by atoms with Crippen molar-refractivity contribution in [2.75, 3.05) is 32.0 Å². The number of piperidine rings is 1. The second-order valence-electron chi connectivity index (χ2n) is 8.02. The number of aryl methyl sites for hydroxylation is 1. The topological polar surface area (TPSA) is 45.1 Å². The largest absolute Gasteiger partial charge is 0.373 e. The SMILES string of the molecule is CCn1c(C#CCNc2cccnc2)cc2cc(CNC3CCN(C)CC3)ccc21. The van der Waals surface area contributed by atoms with Gasteiger partial charge in [0, 0.05) is 42.4 Å². The van der Waals surface area contributed by atoms with Crippen molar-refractivity contribution in [3.8, 4) is 11.8 Å². The zero-order valence-corrected chi connectivity index (χ0v) is 18.0. The lowest BCUT2D eigenvalue weighted by Gasteiger charge is -2.29. The van der Waals surface area contributed by atoms with Gasteiger partial charge in [0.15, 0.2) is 0 Å². The minimum atomic E-state index is 0.600. The highest BCUT2D eigenvalue weighted by molar-refractivity contribution is 5.83. The molecule has 4 rings (SSSR count). The Morgan fingerprint density at radius 2 is 2.03 bits per heavy atom. The summed E-state index contributed by atoms with van der Waals surface area (Å²) < 4.78 is 2.29. The fourth-order valence-corrected chi connectivity index (χ4v) is 4.10. The lowest BCUT2D eigenvalue weighted by atomic mass is 10.0. The smallest absolute Gasteiger partial charge is 0.0931 e. The third-order valence-corrected chi connectivity index (χ3v) is 5.85. The van der Waals surface area contributed by atoms with Gasteiger partial charge in [0.25, 0.3) is 0 Å². The number of fused-ring (bicyclic) bond motifs is 1. The van der Waals surface area contributed by atoms with Gasteiger partial charge in [0.2, 0.25) is 0 Å². The van der Waals surface area contributed by atoms with Crippen LogP contribution in [0, 0.1) is 11.8 Å². The van der Waals surface area contributed by atoms with E-state index in [0.29, 0.717) is 12.6 Å². The number of pyridine rings is 1. The van der Waals surface area contributed by atoms with E-state index in [1.807, 2.05) is 18.3 Å². The van der Waals surface area contributed by atoms with Crippen molar-refractivity contribution < 1.29 is 0 Å². The number of nitrogens with zero attached hydrogens (tertiary/aromatic N) is 3. The Morgan fingerprint density at radius 1 is 1.17 bits per heavy atom. The second-order valence-corrected chi connectivity index (χ2v) is 8.02. The maximum absolute atomic E-state index is 4.11. The maximum atomic E-state index is 4.11. The summed E-state index contributed by atoms with van der Waals surface area (Å²) in [7, 11) is 2.21. The molecule has 1 aromatic carbocycles. The molecule has 0 radical (unpaired) electrons. The van der Waals surface area contributed by atoms with E-state index in [0.717, 1.165) is 24.5 Å². The molecule has 5 heteroatoms. The molecule has 1 saturated heterocycles. The van der Waals surface area contributed by atoms with Gasteiger partial charge in [-0.3, -0.25) is 4.98 Å². The van der Waals surface area contributed by atoms with Gasteiger partial charge in [-0.05, 0) is 81.7 Å². The van der Waals surface area contributed by atoms with Crippen LogP contribution in [0.5, 0.6) is 0 Å². The average molecular weight is 402 g/mol. The molecule has 0 unspecified atom stereocenters. The molecule has 3 heterocycles. The van der Waals surface area contributed by atoms with Crippen molar-refractivity contribution in [2.45, 2.75) is 38.9 Å². The predicted octanol–water partition coefficient (Wildman–Crippen LogP) is 3.70. The Kier molecular flexibility index (Phi) is 6.68. The third kappa shape index (κ3) is 5.02. The van der Waals surface area contributed by atoms with Crippen molar-refractivity contribution >= 4 is 16.6 Å². The Balaban J connectivity index is 1.42. The second kappa shape index (κ2) is 9.80. The highest BCUT2D eigenvalue weighted by Gasteiger charge is 2.16. The molecule has 2 N–H and O–H groups in total. The van der Waals surface area contributed by atoms with E-state index < -0.39 is 0 Å². The number of benzene rings is 1. The zero-order valence-electron chi connectivity index (χ0n) is 18.0. The molecule has 0 saturated carbocycles. The Labute approximate surface area is 179 Å². The van der Waals surface area contributed by atoms with Crippen LogP contribution in [0.2, 0.25) is 0 Å². The number of hydrogen-bond acceptors (Lipinski definition) is 4. The highest BCUT2D eigenvalue weighted by atomic mass is 15.1. The summed E-state index contributed by atoms with van der Waals surface area (Å²) in [6, 6.07) is 13.6. The summed E-state index contributed by atoms with van der Waals surface area (Å²) in [6.45, 7) is 6.99. The van der Waals surface area contributed by atoms with Crippen molar-refractivity contribution in [2.24, 2.45) is 0 Å². The fraction of sp³-hybridized carbons (Fsp3) is 0.400. The summed E-state index contributed by atoms with van der Waals surface area (Å²) in [6.07, 6.45) is 6.05. The van der Waals surface area contributed by atoms with Crippen LogP contribution in [0.25, 0.3) is 10.9 Å². The van der Waals surface area contributed by atoms with Crippen LogP contribution in [-0.4, -0.2) is 47.2 Å². The maximum Gasteiger partial charge on any atom is 0.0931 e. The number of hydrogen-bond donors (Lipinski definition) is 2. The first kappa shape index (κ1) is 20.5. The van der Waals surface area contributed by atoms with Crippen molar-refractivity contribution in [1.82, 2.24) is 19.8 Å². The normalized spacial score (nSPS) is 15.1. The van der Waals surface area contributed by atoms with Crippen molar-refractivity contribution in [3.63, 3.8) is 0 Å². The lowest BCUT2D eigenvalue weighted by molar-refractivity contribution is 0.234. The van der Waals surface area contributed by atoms with E-state index in [1.165, 1.54) is 42.4 Å². The molecule has 1 aliphatic rings. The number of likely N-dealkylation sites (tertiary alicyclic amines) is 1. The highest BCUT2D eigenvalue weighted by Crippen LogP contribution is 2.21. The van der Waals surface area contributed by atoms with E-state index in [-0.39, 0.29) is 0 Å². The van der Waals surface area contributed by atoms with Crippen LogP contribution >= 0.6 is 0 Å². The van der Waals surface area contributed by atoms with Crippen LogP contribution in [-0.2, 0) is 13.1 Å². The first-order valence-electron chi connectivity index (χ1n) is 10.9. The van der Waals surface area contributed by atoms with Crippen LogP contribution in [0.1, 0.15) is 31.0 Å². The predicted molar refractivity (Wildman–Crippen MR) is 125 cm³/mol. The van der Waals surface area contributed by atoms with Crippen molar-refractivity contribution in [3.05, 3.63) is 60.0 Å². The standard InChI is InChI=1S/C25H31N5/c1-3-30-24(7-5-13-27-23-6-4-12-26-19-23)17-21-16-20(8-9-25(21)30)18-28-22-10-14-29(2)15-11-22/h4,6,8-9,12,16-17,19,22,27-28H,3,10-11,13-15,18H2,1-2H3. The van der Waals surface area contributed by atoms with E-state index in [9.17, 15) is 0 Å². The molecule has 1 aliphatic heterocycles. The van der Waals surface area contributed by atoms with E-state index in [4.69, 9.17) is 0 Å². The summed E-state index contributed by atoms with van der Waals surface area (Å²) in [5.74, 6) is 6.59. The summed E-state index contributed by atoms with van der Waals surface area (Å²) in [4.78, 5) is 6.52. The van der Waals surface area contributed by atoms with Gasteiger partial charge in [-0.1, -0.05) is 12.0 Å². The van der Waals surface area contributed by atoms with Gasteiger partial charge in [-0.15, -0.1) is 0 Å². The van der Waals surface area contributed by atoms with Gasteiger partial charge in [-0.25, -0.2) is 0 Å². The molecule has 0 bridgehead atoms. The van der Waals surface area contributed by atoms with Gasteiger partial charge >= 0.3 is 0 Å². The molecular weight excluding hydrogens is 370 g/mol. The minimum Gasteiger partial charge on any atom is -0.373 e. The molecule has 156 valence electrons. The number of aromatic nitrogens is 2.